The van der Waals surface area contributed by atoms with Crippen LogP contribution >= 0.6 is 0 Å². The first-order chi connectivity index (χ1) is 19.5. The van der Waals surface area contributed by atoms with Gasteiger partial charge in [0.25, 0.3) is 20.0 Å². The molecule has 0 saturated carbocycles. The summed E-state index contributed by atoms with van der Waals surface area (Å²) in [4.78, 5) is -1.53. The summed E-state index contributed by atoms with van der Waals surface area (Å²) in [5.41, 5.74) is -2.38. The van der Waals surface area contributed by atoms with Gasteiger partial charge in [0.15, 0.2) is 0 Å². The molecule has 7 nitrogen and oxygen atoms in total. The van der Waals surface area contributed by atoms with E-state index in [1.807, 2.05) is 0 Å². The number of ether oxygens (including phenoxy) is 1. The molecule has 42 heavy (non-hydrogen) atoms. The first kappa shape index (κ1) is 30.7. The first-order valence-electron chi connectivity index (χ1n) is 11.7. The fourth-order valence-corrected chi connectivity index (χ4v) is 6.01. The summed E-state index contributed by atoms with van der Waals surface area (Å²) in [6, 6.07) is 16.0. The van der Waals surface area contributed by atoms with Crippen LogP contribution in [0.2, 0.25) is 0 Å². The molecule has 0 aliphatic rings. The number of benzene rings is 4. The fraction of sp³-hybridized carbons (Fsp3) is 0.111. The smallest absolute Gasteiger partial charge is 0.416 e. The number of rotatable bonds is 8. The van der Waals surface area contributed by atoms with Crippen LogP contribution in [0.15, 0.2) is 101 Å². The Morgan fingerprint density at radius 2 is 1.02 bits per heavy atom. The predicted octanol–water partition coefficient (Wildman–Crippen LogP) is 7.00. The Labute approximate surface area is 236 Å². The Hall–Kier alpha value is -4.24. The molecular formula is C27H20F6N2O5S2. The fourth-order valence-electron chi connectivity index (χ4n) is 3.77. The highest BCUT2D eigenvalue weighted by molar-refractivity contribution is 7.93. The molecule has 0 fully saturated rings. The van der Waals surface area contributed by atoms with Crippen molar-refractivity contribution in [3.05, 3.63) is 102 Å². The molecule has 0 unspecified atom stereocenters. The van der Waals surface area contributed by atoms with Crippen LogP contribution in [0.1, 0.15) is 11.1 Å². The van der Waals surface area contributed by atoms with Gasteiger partial charge in [-0.25, -0.2) is 16.8 Å². The van der Waals surface area contributed by atoms with Crippen molar-refractivity contribution >= 4 is 31.4 Å². The molecule has 4 aromatic rings. The van der Waals surface area contributed by atoms with Gasteiger partial charge in [0.1, 0.15) is 5.75 Å². The maximum atomic E-state index is 13.2. The summed E-state index contributed by atoms with van der Waals surface area (Å²) in [6.07, 6.45) is -9.68. The lowest BCUT2D eigenvalue weighted by molar-refractivity contribution is -0.138. The number of alkyl halides is 6. The van der Waals surface area contributed by atoms with Crippen LogP contribution in [-0.4, -0.2) is 23.9 Å². The van der Waals surface area contributed by atoms with E-state index in [9.17, 15) is 43.2 Å². The summed E-state index contributed by atoms with van der Waals surface area (Å²) in [5.74, 6) is 0.509. The van der Waals surface area contributed by atoms with Crippen molar-refractivity contribution in [3.8, 4) is 16.9 Å². The molecule has 0 aromatic heterocycles. The molecule has 15 heteroatoms. The van der Waals surface area contributed by atoms with Gasteiger partial charge >= 0.3 is 12.4 Å². The van der Waals surface area contributed by atoms with E-state index in [0.717, 1.165) is 30.3 Å². The van der Waals surface area contributed by atoms with Gasteiger partial charge in [-0.15, -0.1) is 0 Å². The minimum absolute atomic E-state index is 0.362. The molecule has 0 spiro atoms. The van der Waals surface area contributed by atoms with E-state index < -0.39 is 64.7 Å². The van der Waals surface area contributed by atoms with E-state index in [1.165, 1.54) is 19.2 Å². The monoisotopic (exact) mass is 630 g/mol. The average Bonchev–Trinajstić information content (AvgIpc) is 2.93. The number of anilines is 2. The van der Waals surface area contributed by atoms with Crippen LogP contribution < -0.4 is 14.2 Å². The lowest BCUT2D eigenvalue weighted by Crippen LogP contribution is -2.18. The summed E-state index contributed by atoms with van der Waals surface area (Å²) in [5, 5.41) is 0. The average molecular weight is 631 g/mol. The largest absolute Gasteiger partial charge is 0.497 e. The van der Waals surface area contributed by atoms with Crippen LogP contribution in [-0.2, 0) is 32.4 Å². The van der Waals surface area contributed by atoms with Gasteiger partial charge in [-0.05, 0) is 71.8 Å². The van der Waals surface area contributed by atoms with Gasteiger partial charge < -0.3 is 4.74 Å². The second kappa shape index (κ2) is 11.2. The maximum Gasteiger partial charge on any atom is 0.416 e. The molecule has 0 aliphatic carbocycles. The number of methoxy groups -OCH3 is 1. The Bertz CT molecular complexity index is 1820. The van der Waals surface area contributed by atoms with E-state index in [1.54, 1.807) is 24.3 Å². The third kappa shape index (κ3) is 6.97. The molecule has 222 valence electrons. The zero-order chi connectivity index (χ0) is 30.9. The zero-order valence-corrected chi connectivity index (χ0v) is 22.9. The van der Waals surface area contributed by atoms with Gasteiger partial charge in [-0.1, -0.05) is 30.3 Å². The topological polar surface area (TPSA) is 102 Å². The molecular weight excluding hydrogens is 610 g/mol. The van der Waals surface area contributed by atoms with Crippen molar-refractivity contribution in [1.82, 2.24) is 0 Å². The molecule has 0 bridgehead atoms. The molecule has 0 radical (unpaired) electrons. The maximum absolute atomic E-state index is 13.2. The number of sulfonamides is 2. The molecule has 4 rings (SSSR count). The van der Waals surface area contributed by atoms with E-state index in [4.69, 9.17) is 4.74 Å². The number of hydrogen-bond donors (Lipinski definition) is 2. The normalized spacial score (nSPS) is 12.5. The molecule has 0 saturated heterocycles. The molecule has 0 aliphatic heterocycles. The molecule has 0 heterocycles. The van der Waals surface area contributed by atoms with Gasteiger partial charge in [0, 0.05) is 0 Å². The lowest BCUT2D eigenvalue weighted by atomic mass is 10.0. The third-order valence-corrected chi connectivity index (χ3v) is 8.60. The molecule has 2 N–H and O–H groups in total. The highest BCUT2D eigenvalue weighted by atomic mass is 32.2. The highest BCUT2D eigenvalue weighted by Crippen LogP contribution is 2.36. The van der Waals surface area contributed by atoms with E-state index >= 15 is 0 Å². The van der Waals surface area contributed by atoms with Crippen molar-refractivity contribution in [3.63, 3.8) is 0 Å². The number of nitrogens with one attached hydrogen (secondary N) is 2. The van der Waals surface area contributed by atoms with Crippen LogP contribution in [0.25, 0.3) is 11.1 Å². The van der Waals surface area contributed by atoms with Crippen LogP contribution in [0, 0.1) is 0 Å². The standard InChI is InChI=1S/C27H20F6N2O5S2/c1-40-21-11-8-17(9-12-21)18-10-13-24(34-41(36,37)22-6-2-4-19(15-22)26(28,29)30)25(14-18)35-42(38,39)23-7-3-5-20(16-23)27(31,32)33/h2-16,34-35H,1H3. The predicted molar refractivity (Wildman–Crippen MR) is 143 cm³/mol. The van der Waals surface area contributed by atoms with Crippen LogP contribution in [0.3, 0.4) is 0 Å². The van der Waals surface area contributed by atoms with E-state index in [2.05, 4.69) is 9.44 Å². The Morgan fingerprint density at radius 3 is 1.48 bits per heavy atom. The van der Waals surface area contributed by atoms with Gasteiger partial charge in [0.05, 0.1) is 39.4 Å². The third-order valence-electron chi connectivity index (χ3n) is 5.87. The first-order valence-corrected chi connectivity index (χ1v) is 14.6. The zero-order valence-electron chi connectivity index (χ0n) is 21.3. The van der Waals surface area contributed by atoms with Crippen molar-refractivity contribution in [2.75, 3.05) is 16.6 Å². The Kier molecular flexibility index (Phi) is 8.20. The SMILES string of the molecule is COc1ccc(-c2ccc(NS(=O)(=O)c3cccc(C(F)(F)F)c3)c(NS(=O)(=O)c3cccc(C(F)(F)F)c3)c2)cc1. The summed E-state index contributed by atoms with van der Waals surface area (Å²) in [7, 11) is -7.98. The van der Waals surface area contributed by atoms with Crippen molar-refractivity contribution in [1.29, 1.82) is 0 Å². The van der Waals surface area contributed by atoms with E-state index in [-0.39, 0.29) is 0 Å². The van der Waals surface area contributed by atoms with Gasteiger partial charge in [0.2, 0.25) is 0 Å². The number of halogens is 6. The minimum atomic E-state index is -4.84. The Balaban J connectivity index is 1.79. The summed E-state index contributed by atoms with van der Waals surface area (Å²) in [6.45, 7) is 0. The second-order valence-electron chi connectivity index (χ2n) is 8.75. The summed E-state index contributed by atoms with van der Waals surface area (Å²) >= 11 is 0. The van der Waals surface area contributed by atoms with Crippen molar-refractivity contribution in [2.24, 2.45) is 0 Å². The number of hydrogen-bond acceptors (Lipinski definition) is 5. The van der Waals surface area contributed by atoms with E-state index in [0.29, 0.717) is 41.1 Å². The quantitative estimate of drug-likeness (QED) is 0.204. The van der Waals surface area contributed by atoms with Gasteiger partial charge in [-0.2, -0.15) is 26.3 Å². The molecule has 0 amide bonds. The second-order valence-corrected chi connectivity index (χ2v) is 12.1. The van der Waals surface area contributed by atoms with Crippen LogP contribution in [0.5, 0.6) is 5.75 Å². The van der Waals surface area contributed by atoms with Crippen LogP contribution in [0.4, 0.5) is 37.7 Å². The Morgan fingerprint density at radius 1 is 0.571 bits per heavy atom. The van der Waals surface area contributed by atoms with Crippen molar-refractivity contribution in [2.45, 2.75) is 22.1 Å². The molecule has 0 atom stereocenters. The van der Waals surface area contributed by atoms with Gasteiger partial charge in [-0.3, -0.25) is 9.44 Å². The molecule has 4 aromatic carbocycles. The minimum Gasteiger partial charge on any atom is -0.497 e. The van der Waals surface area contributed by atoms with Crippen molar-refractivity contribution < 1.29 is 47.9 Å². The highest BCUT2D eigenvalue weighted by Gasteiger charge is 2.33. The lowest BCUT2D eigenvalue weighted by Gasteiger charge is -2.17. The summed E-state index contributed by atoms with van der Waals surface area (Å²) < 4.78 is 141.